The number of pyridine rings is 1. The van der Waals surface area contributed by atoms with Crippen molar-refractivity contribution in [3.05, 3.63) is 54.0 Å². The van der Waals surface area contributed by atoms with Crippen LogP contribution in [0.1, 0.15) is 51.5 Å². The second-order valence-corrected chi connectivity index (χ2v) is 8.03. The topological polar surface area (TPSA) is 48.4 Å². The quantitative estimate of drug-likeness (QED) is 0.225. The number of nitrogens with zero attached hydrogens (tertiary/aromatic N) is 1. The molecule has 0 aliphatic rings. The van der Waals surface area contributed by atoms with Gasteiger partial charge in [-0.05, 0) is 30.0 Å². The Hall–Kier alpha value is -2.08. The summed E-state index contributed by atoms with van der Waals surface area (Å²) >= 11 is 1.33. The Morgan fingerprint density at radius 1 is 1.17 bits per heavy atom. The highest BCUT2D eigenvalue weighted by Crippen LogP contribution is 2.23. The molecule has 6 heteroatoms. The highest BCUT2D eigenvalue weighted by Gasteiger charge is 2.11. The number of hydrogen-bond donors (Lipinski definition) is 0. The van der Waals surface area contributed by atoms with Crippen molar-refractivity contribution in [2.45, 2.75) is 57.6 Å². The van der Waals surface area contributed by atoms with Crippen LogP contribution in [0.25, 0.3) is 0 Å². The Morgan fingerprint density at radius 3 is 2.66 bits per heavy atom. The molecule has 0 saturated heterocycles. The molecule has 1 unspecified atom stereocenters. The SMILES string of the molecule is CCCCC(CC)COC(=O)CCSc1ccc(OCc2ccccc2)c(F)n1. The van der Waals surface area contributed by atoms with Crippen LogP contribution in [0.4, 0.5) is 4.39 Å². The second-order valence-electron chi connectivity index (χ2n) is 6.91. The Labute approximate surface area is 177 Å². The maximum Gasteiger partial charge on any atom is 0.306 e. The molecule has 1 aromatic heterocycles. The van der Waals surface area contributed by atoms with Gasteiger partial charge in [0.05, 0.1) is 18.1 Å². The number of carbonyl (C=O) groups is 1. The van der Waals surface area contributed by atoms with E-state index < -0.39 is 5.95 Å². The molecule has 1 atom stereocenters. The van der Waals surface area contributed by atoms with Crippen molar-refractivity contribution in [3.63, 3.8) is 0 Å². The number of esters is 1. The molecule has 1 heterocycles. The van der Waals surface area contributed by atoms with Crippen LogP contribution in [0, 0.1) is 11.9 Å². The fourth-order valence-corrected chi connectivity index (χ4v) is 3.54. The van der Waals surface area contributed by atoms with Gasteiger partial charge in [0.15, 0.2) is 5.75 Å². The van der Waals surface area contributed by atoms with E-state index in [0.717, 1.165) is 31.2 Å². The minimum Gasteiger partial charge on any atom is -0.484 e. The van der Waals surface area contributed by atoms with Crippen LogP contribution in [0.15, 0.2) is 47.5 Å². The molecule has 0 saturated carbocycles. The van der Waals surface area contributed by atoms with Gasteiger partial charge in [-0.2, -0.15) is 4.39 Å². The fraction of sp³-hybridized carbons (Fsp3) is 0.478. The predicted molar refractivity (Wildman–Crippen MR) is 115 cm³/mol. The standard InChI is InChI=1S/C23H30FNO3S/c1-3-5-9-18(4-2)16-28-22(26)14-15-29-21-13-12-20(23(24)25-21)27-17-19-10-7-6-8-11-19/h6-8,10-13,18H,3-5,9,14-17H2,1-2H3. The van der Waals surface area contributed by atoms with Crippen LogP contribution in [0.5, 0.6) is 5.75 Å². The molecule has 0 N–H and O–H groups in total. The Morgan fingerprint density at radius 2 is 1.97 bits per heavy atom. The van der Waals surface area contributed by atoms with Crippen molar-refractivity contribution < 1.29 is 18.7 Å². The van der Waals surface area contributed by atoms with Gasteiger partial charge in [0.1, 0.15) is 6.61 Å². The predicted octanol–water partition coefficient (Wildman–Crippen LogP) is 6.04. The zero-order valence-corrected chi connectivity index (χ0v) is 18.1. The molecule has 2 rings (SSSR count). The van der Waals surface area contributed by atoms with Crippen LogP contribution >= 0.6 is 11.8 Å². The molecule has 158 valence electrons. The van der Waals surface area contributed by atoms with Crippen molar-refractivity contribution >= 4 is 17.7 Å². The zero-order valence-electron chi connectivity index (χ0n) is 17.2. The lowest BCUT2D eigenvalue weighted by Crippen LogP contribution is -2.14. The molecular formula is C23H30FNO3S. The normalized spacial score (nSPS) is 11.8. The van der Waals surface area contributed by atoms with E-state index in [9.17, 15) is 9.18 Å². The number of rotatable bonds is 13. The summed E-state index contributed by atoms with van der Waals surface area (Å²) < 4.78 is 25.0. The lowest BCUT2D eigenvalue weighted by molar-refractivity contribution is -0.144. The number of benzene rings is 1. The lowest BCUT2D eigenvalue weighted by atomic mass is 10.0. The maximum atomic E-state index is 14.1. The summed E-state index contributed by atoms with van der Waals surface area (Å²) in [5, 5.41) is 0.525. The number of aromatic nitrogens is 1. The fourth-order valence-electron chi connectivity index (χ4n) is 2.75. The summed E-state index contributed by atoms with van der Waals surface area (Å²) in [6.07, 6.45) is 4.71. The molecule has 0 bridgehead atoms. The van der Waals surface area contributed by atoms with E-state index in [0.29, 0.717) is 23.3 Å². The molecule has 0 amide bonds. The molecular weight excluding hydrogens is 389 g/mol. The third kappa shape index (κ3) is 8.86. The molecule has 2 aromatic rings. The van der Waals surface area contributed by atoms with Gasteiger partial charge < -0.3 is 9.47 Å². The molecule has 0 aliphatic carbocycles. The molecule has 4 nitrogen and oxygen atoms in total. The Bertz CT molecular complexity index is 742. The highest BCUT2D eigenvalue weighted by atomic mass is 32.2. The van der Waals surface area contributed by atoms with Crippen molar-refractivity contribution in [1.82, 2.24) is 4.98 Å². The molecule has 0 spiro atoms. The monoisotopic (exact) mass is 419 g/mol. The minimum atomic E-state index is -0.643. The van der Waals surface area contributed by atoms with Gasteiger partial charge in [0.2, 0.25) is 0 Å². The average molecular weight is 420 g/mol. The first-order chi connectivity index (χ1) is 14.1. The zero-order chi connectivity index (χ0) is 20.9. The summed E-state index contributed by atoms with van der Waals surface area (Å²) in [6, 6.07) is 12.9. The van der Waals surface area contributed by atoms with E-state index in [2.05, 4.69) is 18.8 Å². The smallest absolute Gasteiger partial charge is 0.306 e. The van der Waals surface area contributed by atoms with Crippen molar-refractivity contribution in [3.8, 4) is 5.75 Å². The van der Waals surface area contributed by atoms with Gasteiger partial charge in [0.25, 0.3) is 5.95 Å². The summed E-state index contributed by atoms with van der Waals surface area (Å²) in [6.45, 7) is 5.06. The number of hydrogen-bond acceptors (Lipinski definition) is 5. The van der Waals surface area contributed by atoms with E-state index in [1.54, 1.807) is 12.1 Å². The van der Waals surface area contributed by atoms with E-state index >= 15 is 0 Å². The summed E-state index contributed by atoms with van der Waals surface area (Å²) in [7, 11) is 0. The number of carbonyl (C=O) groups excluding carboxylic acids is 1. The van der Waals surface area contributed by atoms with E-state index in [1.807, 2.05) is 30.3 Å². The lowest BCUT2D eigenvalue weighted by Gasteiger charge is -2.14. The summed E-state index contributed by atoms with van der Waals surface area (Å²) in [5.41, 5.74) is 0.962. The van der Waals surface area contributed by atoms with Gasteiger partial charge >= 0.3 is 5.97 Å². The third-order valence-corrected chi connectivity index (χ3v) is 5.54. The molecule has 1 aromatic carbocycles. The summed E-state index contributed by atoms with van der Waals surface area (Å²) in [5.74, 6) is 0.202. The van der Waals surface area contributed by atoms with E-state index in [1.165, 1.54) is 11.8 Å². The Kier molecular flexibility index (Phi) is 10.6. The molecule has 29 heavy (non-hydrogen) atoms. The van der Waals surface area contributed by atoms with E-state index in [-0.39, 0.29) is 24.7 Å². The van der Waals surface area contributed by atoms with Gasteiger partial charge in [-0.3, -0.25) is 4.79 Å². The third-order valence-electron chi connectivity index (χ3n) is 4.61. The Balaban J connectivity index is 1.71. The first-order valence-corrected chi connectivity index (χ1v) is 11.2. The average Bonchev–Trinajstić information content (AvgIpc) is 2.74. The van der Waals surface area contributed by atoms with Gasteiger partial charge in [-0.15, -0.1) is 11.8 Å². The highest BCUT2D eigenvalue weighted by molar-refractivity contribution is 7.99. The summed E-state index contributed by atoms with van der Waals surface area (Å²) in [4.78, 5) is 15.8. The number of unbranched alkanes of at least 4 members (excludes halogenated alkanes) is 1. The number of ether oxygens (including phenoxy) is 2. The first-order valence-electron chi connectivity index (χ1n) is 10.2. The van der Waals surface area contributed by atoms with Crippen LogP contribution in [-0.4, -0.2) is 23.3 Å². The second kappa shape index (κ2) is 13.2. The molecule has 0 fully saturated rings. The molecule has 0 radical (unpaired) electrons. The molecule has 0 aliphatic heterocycles. The van der Waals surface area contributed by atoms with Gasteiger partial charge in [-0.25, -0.2) is 4.98 Å². The van der Waals surface area contributed by atoms with Crippen molar-refractivity contribution in [2.75, 3.05) is 12.4 Å². The number of thioether (sulfide) groups is 1. The minimum absolute atomic E-state index is 0.121. The largest absolute Gasteiger partial charge is 0.484 e. The maximum absolute atomic E-state index is 14.1. The van der Waals surface area contributed by atoms with Crippen LogP contribution < -0.4 is 4.74 Å². The first kappa shape index (κ1) is 23.2. The van der Waals surface area contributed by atoms with Crippen molar-refractivity contribution in [1.29, 1.82) is 0 Å². The van der Waals surface area contributed by atoms with Crippen LogP contribution in [0.3, 0.4) is 0 Å². The van der Waals surface area contributed by atoms with Gasteiger partial charge in [0, 0.05) is 5.75 Å². The van der Waals surface area contributed by atoms with Gasteiger partial charge in [-0.1, -0.05) is 63.4 Å². The number of halogens is 1. The van der Waals surface area contributed by atoms with Crippen LogP contribution in [0.2, 0.25) is 0 Å². The van der Waals surface area contributed by atoms with E-state index in [4.69, 9.17) is 9.47 Å². The van der Waals surface area contributed by atoms with Crippen molar-refractivity contribution in [2.24, 2.45) is 5.92 Å². The van der Waals surface area contributed by atoms with Crippen LogP contribution in [-0.2, 0) is 16.1 Å².